The van der Waals surface area contributed by atoms with Crippen molar-refractivity contribution in [2.75, 3.05) is 12.0 Å². The lowest BCUT2D eigenvalue weighted by Crippen LogP contribution is -2.16. The van der Waals surface area contributed by atoms with Gasteiger partial charge in [-0.1, -0.05) is 54.1 Å². The molecule has 0 aliphatic carbocycles. The van der Waals surface area contributed by atoms with Gasteiger partial charge >= 0.3 is 0 Å². The molecule has 0 amide bonds. The molecule has 0 aliphatic rings. The van der Waals surface area contributed by atoms with Gasteiger partial charge in [-0.25, -0.2) is 10.4 Å². The predicted molar refractivity (Wildman–Crippen MR) is 140 cm³/mol. The Kier molecular flexibility index (Phi) is 7.96. The maximum Gasteiger partial charge on any atom is 0.270 e. The van der Waals surface area contributed by atoms with Crippen LogP contribution >= 0.6 is 11.6 Å². The van der Waals surface area contributed by atoms with E-state index in [1.54, 1.807) is 30.5 Å². The molecule has 0 fully saturated rings. The van der Waals surface area contributed by atoms with Gasteiger partial charge in [0.1, 0.15) is 18.2 Å². The monoisotopic (exact) mass is 499 g/mol. The molecule has 4 rings (SSSR count). The van der Waals surface area contributed by atoms with E-state index in [1.165, 1.54) is 0 Å². The fraction of sp³-hybridized carbons (Fsp3) is 0.111. The van der Waals surface area contributed by atoms with Crippen molar-refractivity contribution in [3.63, 3.8) is 0 Å². The molecule has 0 spiro atoms. The average Bonchev–Trinajstić information content (AvgIpc) is 2.89. The zero-order chi connectivity index (χ0) is 25.3. The molecule has 0 aliphatic heterocycles. The zero-order valence-corrected chi connectivity index (χ0v) is 20.1. The number of nitriles is 1. The molecule has 2 N–H and O–H groups in total. The van der Waals surface area contributed by atoms with Crippen LogP contribution < -0.4 is 20.5 Å². The Labute approximate surface area is 212 Å². The van der Waals surface area contributed by atoms with Crippen LogP contribution in [0.1, 0.15) is 23.6 Å². The van der Waals surface area contributed by atoms with Gasteiger partial charge in [0, 0.05) is 10.6 Å². The molecule has 0 unspecified atom stereocenters. The highest BCUT2D eigenvalue weighted by Gasteiger charge is 2.13. The van der Waals surface area contributed by atoms with Crippen molar-refractivity contribution in [1.29, 1.82) is 5.26 Å². The largest absolute Gasteiger partial charge is 0.490 e. The first-order valence-electron chi connectivity index (χ1n) is 11.1. The minimum atomic E-state index is -0.551. The number of ether oxygens (including phenoxy) is 2. The number of rotatable bonds is 9. The number of benzene rings is 3. The summed E-state index contributed by atoms with van der Waals surface area (Å²) in [7, 11) is 0. The number of anilines is 1. The first-order valence-corrected chi connectivity index (χ1v) is 11.5. The van der Waals surface area contributed by atoms with E-state index in [0.717, 1.165) is 11.1 Å². The van der Waals surface area contributed by atoms with E-state index < -0.39 is 5.56 Å². The third-order valence-corrected chi connectivity index (χ3v) is 5.29. The van der Waals surface area contributed by atoms with E-state index in [0.29, 0.717) is 35.3 Å². The summed E-state index contributed by atoms with van der Waals surface area (Å²) in [6, 6.07) is 23.8. The van der Waals surface area contributed by atoms with E-state index in [2.05, 4.69) is 20.5 Å². The van der Waals surface area contributed by atoms with E-state index >= 15 is 0 Å². The summed E-state index contributed by atoms with van der Waals surface area (Å²) >= 11 is 5.94. The topological polar surface area (TPSA) is 112 Å². The van der Waals surface area contributed by atoms with Crippen LogP contribution in [0.3, 0.4) is 0 Å². The van der Waals surface area contributed by atoms with Crippen LogP contribution in [-0.2, 0) is 6.61 Å². The lowest BCUT2D eigenvalue weighted by molar-refractivity contribution is 0.269. The van der Waals surface area contributed by atoms with E-state index in [4.69, 9.17) is 21.1 Å². The van der Waals surface area contributed by atoms with Crippen molar-refractivity contribution >= 4 is 23.8 Å². The Balaban J connectivity index is 1.50. The predicted octanol–water partition coefficient (Wildman–Crippen LogP) is 5.39. The second-order valence-electron chi connectivity index (χ2n) is 7.54. The number of hydrazone groups is 1. The highest BCUT2D eigenvalue weighted by atomic mass is 35.5. The van der Waals surface area contributed by atoms with Gasteiger partial charge in [-0.2, -0.15) is 10.4 Å². The molecule has 4 aromatic rings. The van der Waals surface area contributed by atoms with Crippen molar-refractivity contribution in [3.8, 4) is 28.8 Å². The number of H-pyrrole nitrogens is 1. The van der Waals surface area contributed by atoms with Gasteiger partial charge in [0.25, 0.3) is 5.56 Å². The summed E-state index contributed by atoms with van der Waals surface area (Å²) in [6.07, 6.45) is 1.56. The molecule has 0 radical (unpaired) electrons. The molecular weight excluding hydrogens is 478 g/mol. The fourth-order valence-electron chi connectivity index (χ4n) is 3.34. The maximum absolute atomic E-state index is 12.4. The molecule has 1 aromatic heterocycles. The third-order valence-electron chi connectivity index (χ3n) is 5.04. The molecule has 0 saturated heterocycles. The van der Waals surface area contributed by atoms with Crippen molar-refractivity contribution in [2.45, 2.75) is 13.5 Å². The van der Waals surface area contributed by atoms with Crippen LogP contribution in [0.4, 0.5) is 5.95 Å². The van der Waals surface area contributed by atoms with Crippen LogP contribution in [-0.4, -0.2) is 22.8 Å². The van der Waals surface area contributed by atoms with Crippen molar-refractivity contribution < 1.29 is 9.47 Å². The Hall–Kier alpha value is -4.61. The lowest BCUT2D eigenvalue weighted by Gasteiger charge is -2.12. The van der Waals surface area contributed by atoms with Crippen LogP contribution in [0.15, 0.2) is 82.7 Å². The summed E-state index contributed by atoms with van der Waals surface area (Å²) in [5, 5.41) is 14.2. The number of aromatic nitrogens is 2. The number of hydrogen-bond acceptors (Lipinski definition) is 7. The second kappa shape index (κ2) is 11.7. The minimum Gasteiger partial charge on any atom is -0.490 e. The van der Waals surface area contributed by atoms with Gasteiger partial charge in [0.2, 0.25) is 5.95 Å². The maximum atomic E-state index is 12.4. The molecule has 0 atom stereocenters. The van der Waals surface area contributed by atoms with E-state index in [1.807, 2.05) is 61.5 Å². The summed E-state index contributed by atoms with van der Waals surface area (Å²) in [4.78, 5) is 19.3. The summed E-state index contributed by atoms with van der Waals surface area (Å²) < 4.78 is 11.7. The molecule has 0 saturated carbocycles. The lowest BCUT2D eigenvalue weighted by atomic mass is 10.1. The van der Waals surface area contributed by atoms with E-state index in [9.17, 15) is 10.1 Å². The van der Waals surface area contributed by atoms with Gasteiger partial charge < -0.3 is 9.47 Å². The molecule has 1 heterocycles. The van der Waals surface area contributed by atoms with Gasteiger partial charge in [-0.05, 0) is 48.4 Å². The molecule has 36 heavy (non-hydrogen) atoms. The number of hydrogen-bond donors (Lipinski definition) is 2. The van der Waals surface area contributed by atoms with Crippen molar-refractivity contribution in [3.05, 3.63) is 105 Å². The first-order chi connectivity index (χ1) is 17.6. The Morgan fingerprint density at radius 1 is 1.08 bits per heavy atom. The smallest absolute Gasteiger partial charge is 0.270 e. The SMILES string of the molecule is CCOc1cc(C=NNc2nc(-c3ccccc3)c(C#N)c(=O)[nH]2)ccc1OCc1ccc(Cl)cc1. The highest BCUT2D eigenvalue weighted by Crippen LogP contribution is 2.29. The number of nitrogens with zero attached hydrogens (tertiary/aromatic N) is 3. The van der Waals surface area contributed by atoms with Gasteiger partial charge in [0.15, 0.2) is 11.5 Å². The Bertz CT molecular complexity index is 1460. The molecule has 3 aromatic carbocycles. The molecule has 180 valence electrons. The molecule has 0 bridgehead atoms. The van der Waals surface area contributed by atoms with Gasteiger partial charge in [-0.15, -0.1) is 0 Å². The quantitative estimate of drug-likeness (QED) is 0.236. The summed E-state index contributed by atoms with van der Waals surface area (Å²) in [5.41, 5.74) is 4.76. The summed E-state index contributed by atoms with van der Waals surface area (Å²) in [6.45, 7) is 2.73. The average molecular weight is 500 g/mol. The fourth-order valence-corrected chi connectivity index (χ4v) is 3.46. The van der Waals surface area contributed by atoms with Crippen LogP contribution in [0.25, 0.3) is 11.3 Å². The number of aromatic amines is 1. The zero-order valence-electron chi connectivity index (χ0n) is 19.4. The van der Waals surface area contributed by atoms with Crippen LogP contribution in [0.2, 0.25) is 5.02 Å². The Morgan fingerprint density at radius 3 is 2.58 bits per heavy atom. The van der Waals surface area contributed by atoms with Crippen LogP contribution in [0.5, 0.6) is 11.5 Å². The van der Waals surface area contributed by atoms with Gasteiger partial charge in [-0.3, -0.25) is 9.78 Å². The third kappa shape index (κ3) is 6.09. The minimum absolute atomic E-state index is 0.0636. The molecular formula is C27H22ClN5O3. The normalized spacial score (nSPS) is 10.7. The number of nitrogens with one attached hydrogen (secondary N) is 2. The van der Waals surface area contributed by atoms with Gasteiger partial charge in [0.05, 0.1) is 18.5 Å². The van der Waals surface area contributed by atoms with Crippen molar-refractivity contribution in [2.24, 2.45) is 5.10 Å². The Morgan fingerprint density at radius 2 is 1.86 bits per heavy atom. The molecule has 8 nitrogen and oxygen atoms in total. The highest BCUT2D eigenvalue weighted by molar-refractivity contribution is 6.30. The van der Waals surface area contributed by atoms with E-state index in [-0.39, 0.29) is 17.2 Å². The first kappa shape index (κ1) is 24.5. The number of halogens is 1. The molecule has 9 heteroatoms. The van der Waals surface area contributed by atoms with Crippen molar-refractivity contribution in [1.82, 2.24) is 9.97 Å². The second-order valence-corrected chi connectivity index (χ2v) is 7.98. The summed E-state index contributed by atoms with van der Waals surface area (Å²) in [5.74, 6) is 1.29. The standard InChI is InChI=1S/C27H22ClN5O3/c1-2-35-24-14-19(10-13-23(24)36-17-18-8-11-21(28)12-9-18)16-30-33-27-31-25(20-6-4-3-5-7-20)22(15-29)26(34)32-27/h3-14,16H,2,17H2,1H3,(H2,31,32,33,34). The van der Waals surface area contributed by atoms with Crippen LogP contribution in [0, 0.1) is 11.3 Å².